The fourth-order valence-electron chi connectivity index (χ4n) is 2.86. The molecule has 0 saturated carbocycles. The van der Waals surface area contributed by atoms with E-state index in [1.165, 1.54) is 0 Å². The highest BCUT2D eigenvalue weighted by atomic mass is 32.1. The molecule has 2 aromatic heterocycles. The number of carbonyl (C=O) groups is 1. The van der Waals surface area contributed by atoms with Crippen LogP contribution in [0.25, 0.3) is 21.6 Å². The summed E-state index contributed by atoms with van der Waals surface area (Å²) in [6, 6.07) is 9.31. The number of nitrogens with one attached hydrogen (secondary N) is 2. The molecule has 26 heavy (non-hydrogen) atoms. The zero-order valence-corrected chi connectivity index (χ0v) is 15.2. The van der Waals surface area contributed by atoms with E-state index >= 15 is 0 Å². The van der Waals surface area contributed by atoms with Gasteiger partial charge in [0.15, 0.2) is 11.6 Å². The molecule has 3 heterocycles. The predicted molar refractivity (Wildman–Crippen MR) is 104 cm³/mol. The van der Waals surface area contributed by atoms with E-state index < -0.39 is 0 Å². The smallest absolute Gasteiger partial charge is 0.318 e. The molecular formula is C18H19N5O2S. The molecule has 1 saturated heterocycles. The molecule has 2 N–H and O–H groups in total. The topological polar surface area (TPSA) is 79.4 Å². The fraction of sp³-hybridized carbons (Fsp3) is 0.278. The van der Waals surface area contributed by atoms with Gasteiger partial charge in [-0.1, -0.05) is 0 Å². The largest absolute Gasteiger partial charge is 0.378 e. The molecule has 3 aromatic rings. The van der Waals surface area contributed by atoms with Gasteiger partial charge >= 0.3 is 6.03 Å². The second-order valence-electron chi connectivity index (χ2n) is 5.89. The number of hydrogen-bond acceptors (Lipinski definition) is 6. The summed E-state index contributed by atoms with van der Waals surface area (Å²) in [7, 11) is 1.58. The number of hydrogen-bond donors (Lipinski definition) is 2. The molecule has 0 radical (unpaired) electrons. The SMILES string of the molecule is CNC(=O)Nc1ccc(-c2nc(N3CCOCC3)c3sccc3n2)cc1. The van der Waals surface area contributed by atoms with E-state index in [0.717, 1.165) is 40.4 Å². The molecule has 1 aromatic carbocycles. The molecule has 0 bridgehead atoms. The highest BCUT2D eigenvalue weighted by Crippen LogP contribution is 2.32. The van der Waals surface area contributed by atoms with Gasteiger partial charge in [-0.15, -0.1) is 11.3 Å². The molecule has 8 heteroatoms. The molecule has 0 spiro atoms. The number of urea groups is 1. The number of fused-ring (bicyclic) bond motifs is 1. The maximum atomic E-state index is 11.4. The highest BCUT2D eigenvalue weighted by molar-refractivity contribution is 7.17. The number of thiophene rings is 1. The minimum atomic E-state index is -0.247. The Hall–Kier alpha value is -2.71. The van der Waals surface area contributed by atoms with Crippen LogP contribution in [-0.2, 0) is 4.74 Å². The third-order valence-corrected chi connectivity index (χ3v) is 5.12. The van der Waals surface area contributed by atoms with Crippen molar-refractivity contribution in [3.05, 3.63) is 35.7 Å². The Balaban J connectivity index is 1.69. The van der Waals surface area contributed by atoms with Crippen LogP contribution in [0.15, 0.2) is 35.7 Å². The van der Waals surface area contributed by atoms with Crippen molar-refractivity contribution < 1.29 is 9.53 Å². The van der Waals surface area contributed by atoms with Crippen LogP contribution >= 0.6 is 11.3 Å². The van der Waals surface area contributed by atoms with Crippen LogP contribution in [0.3, 0.4) is 0 Å². The third-order valence-electron chi connectivity index (χ3n) is 4.22. The number of ether oxygens (including phenoxy) is 1. The molecule has 0 unspecified atom stereocenters. The van der Waals surface area contributed by atoms with Crippen molar-refractivity contribution in [2.75, 3.05) is 43.6 Å². The lowest BCUT2D eigenvalue weighted by atomic mass is 10.2. The second-order valence-corrected chi connectivity index (χ2v) is 6.80. The van der Waals surface area contributed by atoms with Crippen molar-refractivity contribution in [2.24, 2.45) is 0 Å². The number of benzene rings is 1. The first-order valence-electron chi connectivity index (χ1n) is 8.42. The van der Waals surface area contributed by atoms with Crippen molar-refractivity contribution in [1.29, 1.82) is 0 Å². The Morgan fingerprint density at radius 2 is 1.92 bits per heavy atom. The van der Waals surface area contributed by atoms with E-state index in [4.69, 9.17) is 14.7 Å². The van der Waals surface area contributed by atoms with E-state index in [1.807, 2.05) is 35.7 Å². The van der Waals surface area contributed by atoms with E-state index in [-0.39, 0.29) is 6.03 Å². The van der Waals surface area contributed by atoms with E-state index in [9.17, 15) is 4.79 Å². The van der Waals surface area contributed by atoms with Gasteiger partial charge in [-0.2, -0.15) is 0 Å². The van der Waals surface area contributed by atoms with Crippen molar-refractivity contribution in [3.8, 4) is 11.4 Å². The molecule has 134 valence electrons. The first-order valence-corrected chi connectivity index (χ1v) is 9.29. The quantitative estimate of drug-likeness (QED) is 0.742. The monoisotopic (exact) mass is 369 g/mol. The van der Waals surface area contributed by atoms with Gasteiger partial charge in [0.1, 0.15) is 0 Å². The van der Waals surface area contributed by atoms with Crippen molar-refractivity contribution >= 4 is 39.1 Å². The zero-order valence-electron chi connectivity index (χ0n) is 14.4. The third kappa shape index (κ3) is 3.33. The van der Waals surface area contributed by atoms with Gasteiger partial charge in [-0.25, -0.2) is 14.8 Å². The molecular weight excluding hydrogens is 350 g/mol. The van der Waals surface area contributed by atoms with Gasteiger partial charge in [0.25, 0.3) is 0 Å². The molecule has 4 rings (SSSR count). The molecule has 0 atom stereocenters. The zero-order chi connectivity index (χ0) is 17.9. The first kappa shape index (κ1) is 16.7. The Morgan fingerprint density at radius 3 is 2.65 bits per heavy atom. The van der Waals surface area contributed by atoms with Crippen molar-refractivity contribution in [1.82, 2.24) is 15.3 Å². The van der Waals surface area contributed by atoms with Crippen molar-refractivity contribution in [2.45, 2.75) is 0 Å². The minimum absolute atomic E-state index is 0.247. The summed E-state index contributed by atoms with van der Waals surface area (Å²) in [6.45, 7) is 3.09. The number of carbonyl (C=O) groups excluding carboxylic acids is 1. The van der Waals surface area contributed by atoms with Crippen LogP contribution in [0, 0.1) is 0 Å². The van der Waals surface area contributed by atoms with Crippen LogP contribution in [-0.4, -0.2) is 49.4 Å². The molecule has 0 aliphatic carbocycles. The van der Waals surface area contributed by atoms with Gasteiger partial charge in [0.05, 0.1) is 23.4 Å². The number of aromatic nitrogens is 2. The van der Waals surface area contributed by atoms with E-state index in [0.29, 0.717) is 19.0 Å². The van der Waals surface area contributed by atoms with Crippen LogP contribution in [0.2, 0.25) is 0 Å². The van der Waals surface area contributed by atoms with Crippen LogP contribution in [0.1, 0.15) is 0 Å². The summed E-state index contributed by atoms with van der Waals surface area (Å²) < 4.78 is 6.57. The van der Waals surface area contributed by atoms with Gasteiger partial charge < -0.3 is 20.3 Å². The Morgan fingerprint density at radius 1 is 1.15 bits per heavy atom. The first-order chi connectivity index (χ1) is 12.7. The van der Waals surface area contributed by atoms with Crippen LogP contribution in [0.5, 0.6) is 0 Å². The Kier molecular flexibility index (Phi) is 4.68. The van der Waals surface area contributed by atoms with Crippen molar-refractivity contribution in [3.63, 3.8) is 0 Å². The maximum Gasteiger partial charge on any atom is 0.318 e. The average Bonchev–Trinajstić information content (AvgIpc) is 3.17. The summed E-state index contributed by atoms with van der Waals surface area (Å²) in [5.41, 5.74) is 2.59. The number of anilines is 2. The molecule has 7 nitrogen and oxygen atoms in total. The maximum absolute atomic E-state index is 11.4. The number of rotatable bonds is 3. The van der Waals surface area contributed by atoms with Gasteiger partial charge in [0, 0.05) is 31.4 Å². The molecule has 1 fully saturated rings. The summed E-state index contributed by atoms with van der Waals surface area (Å²) in [6.07, 6.45) is 0. The summed E-state index contributed by atoms with van der Waals surface area (Å²) in [4.78, 5) is 23.2. The van der Waals surface area contributed by atoms with Crippen LogP contribution in [0.4, 0.5) is 16.3 Å². The van der Waals surface area contributed by atoms with E-state index in [2.05, 4.69) is 15.5 Å². The number of nitrogens with zero attached hydrogens (tertiary/aromatic N) is 3. The number of amides is 2. The van der Waals surface area contributed by atoms with Crippen LogP contribution < -0.4 is 15.5 Å². The standard InChI is InChI=1S/C18H19N5O2S/c1-19-18(24)20-13-4-2-12(3-5-13)16-21-14-6-11-26-15(14)17(22-16)23-7-9-25-10-8-23/h2-6,11H,7-10H2,1H3,(H2,19,20,24). The van der Waals surface area contributed by atoms with Gasteiger partial charge in [-0.05, 0) is 35.7 Å². The minimum Gasteiger partial charge on any atom is -0.378 e. The summed E-state index contributed by atoms with van der Waals surface area (Å²) in [5.74, 6) is 1.65. The molecule has 1 aliphatic heterocycles. The summed E-state index contributed by atoms with van der Waals surface area (Å²) >= 11 is 1.66. The predicted octanol–water partition coefficient (Wildman–Crippen LogP) is 2.95. The lowest BCUT2D eigenvalue weighted by Gasteiger charge is -2.28. The lowest BCUT2D eigenvalue weighted by molar-refractivity contribution is 0.122. The molecule has 2 amide bonds. The normalized spacial score (nSPS) is 14.4. The Bertz CT molecular complexity index is 919. The van der Waals surface area contributed by atoms with Gasteiger partial charge in [-0.3, -0.25) is 0 Å². The average molecular weight is 369 g/mol. The molecule has 1 aliphatic rings. The summed E-state index contributed by atoms with van der Waals surface area (Å²) in [5, 5.41) is 7.32. The fourth-order valence-corrected chi connectivity index (χ4v) is 3.71. The van der Waals surface area contributed by atoms with Gasteiger partial charge in [0.2, 0.25) is 0 Å². The number of morpholine rings is 1. The van der Waals surface area contributed by atoms with E-state index in [1.54, 1.807) is 18.4 Å². The second kappa shape index (κ2) is 7.27. The Labute approximate surface area is 155 Å². The highest BCUT2D eigenvalue weighted by Gasteiger charge is 2.18. The lowest BCUT2D eigenvalue weighted by Crippen LogP contribution is -2.36.